The molecule has 122 valence electrons. The third-order valence-electron chi connectivity index (χ3n) is 2.85. The van der Waals surface area contributed by atoms with Crippen LogP contribution in [-0.4, -0.2) is 38.2 Å². The number of nitrogens with one attached hydrogen (secondary N) is 2. The first-order chi connectivity index (χ1) is 10.1. The Morgan fingerprint density at radius 1 is 1.32 bits per heavy atom. The van der Waals surface area contributed by atoms with Gasteiger partial charge in [0.15, 0.2) is 0 Å². The molecule has 0 radical (unpaired) electrons. The lowest BCUT2D eigenvalue weighted by Crippen LogP contribution is -2.30. The van der Waals surface area contributed by atoms with E-state index in [1.54, 1.807) is 26.0 Å². The maximum Gasteiger partial charge on any atom is 0.303 e. The summed E-state index contributed by atoms with van der Waals surface area (Å²) in [4.78, 5) is 22.8. The summed E-state index contributed by atoms with van der Waals surface area (Å²) >= 11 is 0. The fourth-order valence-corrected chi connectivity index (χ4v) is 2.44. The van der Waals surface area contributed by atoms with Crippen molar-refractivity contribution in [3.63, 3.8) is 0 Å². The Bertz CT molecular complexity index is 670. The molecular formula is C14H20N2O5S. The molecule has 1 aromatic rings. The maximum atomic E-state index is 12.2. The molecule has 0 saturated heterocycles. The van der Waals surface area contributed by atoms with Crippen molar-refractivity contribution in [1.29, 1.82) is 0 Å². The van der Waals surface area contributed by atoms with E-state index in [2.05, 4.69) is 10.0 Å². The number of anilines is 1. The zero-order valence-electron chi connectivity index (χ0n) is 12.7. The molecule has 1 unspecified atom stereocenters. The lowest BCUT2D eigenvalue weighted by molar-refractivity contribution is -0.137. The second-order valence-electron chi connectivity index (χ2n) is 5.34. The van der Waals surface area contributed by atoms with Gasteiger partial charge in [0, 0.05) is 13.0 Å². The second kappa shape index (κ2) is 7.26. The molecule has 22 heavy (non-hydrogen) atoms. The number of hydrogen-bond acceptors (Lipinski definition) is 4. The minimum Gasteiger partial charge on any atom is -0.481 e. The standard InChI is InChI=1S/C14H20N2O5S/c1-9-4-5-12(16-22(3,20)21)11(6-9)14(19)15-8-10(2)7-13(17)18/h4-6,10,16H,7-8H2,1-3H3,(H,15,19)(H,17,18). The molecule has 0 saturated carbocycles. The summed E-state index contributed by atoms with van der Waals surface area (Å²) in [6.07, 6.45) is 0.950. The number of amides is 1. The van der Waals surface area contributed by atoms with Gasteiger partial charge in [-0.3, -0.25) is 14.3 Å². The largest absolute Gasteiger partial charge is 0.481 e. The van der Waals surface area contributed by atoms with Gasteiger partial charge in [0.05, 0.1) is 17.5 Å². The summed E-state index contributed by atoms with van der Waals surface area (Å²) in [6, 6.07) is 4.79. The maximum absolute atomic E-state index is 12.2. The van der Waals surface area contributed by atoms with Gasteiger partial charge in [-0.25, -0.2) is 8.42 Å². The minimum atomic E-state index is -3.50. The highest BCUT2D eigenvalue weighted by Gasteiger charge is 2.16. The van der Waals surface area contributed by atoms with Crippen LogP contribution in [0.5, 0.6) is 0 Å². The van der Waals surface area contributed by atoms with E-state index >= 15 is 0 Å². The van der Waals surface area contributed by atoms with Crippen molar-refractivity contribution in [2.75, 3.05) is 17.5 Å². The van der Waals surface area contributed by atoms with Crippen LogP contribution in [0.4, 0.5) is 5.69 Å². The molecule has 0 aliphatic heterocycles. The van der Waals surface area contributed by atoms with E-state index in [1.807, 2.05) is 0 Å². The van der Waals surface area contributed by atoms with Crippen LogP contribution in [0.3, 0.4) is 0 Å². The predicted octanol–water partition coefficient (Wildman–Crippen LogP) is 1.21. The predicted molar refractivity (Wildman–Crippen MR) is 83.4 cm³/mol. The van der Waals surface area contributed by atoms with E-state index in [1.165, 1.54) is 6.07 Å². The number of rotatable bonds is 7. The Morgan fingerprint density at radius 2 is 1.95 bits per heavy atom. The number of aliphatic carboxylic acids is 1. The number of carboxylic acids is 1. The van der Waals surface area contributed by atoms with Crippen LogP contribution in [0, 0.1) is 12.8 Å². The summed E-state index contributed by atoms with van der Waals surface area (Å²) in [7, 11) is -3.50. The fourth-order valence-electron chi connectivity index (χ4n) is 1.87. The van der Waals surface area contributed by atoms with Crippen molar-refractivity contribution in [3.8, 4) is 0 Å². The lowest BCUT2D eigenvalue weighted by Gasteiger charge is -2.14. The van der Waals surface area contributed by atoms with Crippen LogP contribution in [-0.2, 0) is 14.8 Å². The van der Waals surface area contributed by atoms with Crippen molar-refractivity contribution < 1.29 is 23.1 Å². The molecule has 1 atom stereocenters. The first kappa shape index (κ1) is 18.0. The van der Waals surface area contributed by atoms with Gasteiger partial charge in [0.1, 0.15) is 0 Å². The van der Waals surface area contributed by atoms with Crippen LogP contribution in [0.15, 0.2) is 18.2 Å². The molecule has 1 amide bonds. The Hall–Kier alpha value is -2.09. The summed E-state index contributed by atoms with van der Waals surface area (Å²) in [5.74, 6) is -1.61. The molecule has 7 nitrogen and oxygen atoms in total. The Kier molecular flexibility index (Phi) is 5.92. The third kappa shape index (κ3) is 6.13. The highest BCUT2D eigenvalue weighted by molar-refractivity contribution is 7.92. The van der Waals surface area contributed by atoms with Crippen molar-refractivity contribution >= 4 is 27.6 Å². The van der Waals surface area contributed by atoms with E-state index in [4.69, 9.17) is 5.11 Å². The summed E-state index contributed by atoms with van der Waals surface area (Å²) < 4.78 is 25.0. The number of benzene rings is 1. The molecule has 1 rings (SSSR count). The van der Waals surface area contributed by atoms with Crippen LogP contribution in [0.25, 0.3) is 0 Å². The average molecular weight is 328 g/mol. The van der Waals surface area contributed by atoms with E-state index in [-0.39, 0.29) is 30.1 Å². The molecule has 0 heterocycles. The van der Waals surface area contributed by atoms with Crippen molar-refractivity contribution in [2.45, 2.75) is 20.3 Å². The number of carboxylic acid groups (broad SMARTS) is 1. The summed E-state index contributed by atoms with van der Waals surface area (Å²) in [6.45, 7) is 3.69. The van der Waals surface area contributed by atoms with Crippen LogP contribution in [0.1, 0.15) is 29.3 Å². The van der Waals surface area contributed by atoms with Gasteiger partial charge < -0.3 is 10.4 Å². The van der Waals surface area contributed by atoms with Crippen molar-refractivity contribution in [3.05, 3.63) is 29.3 Å². The van der Waals surface area contributed by atoms with Crippen LogP contribution in [0.2, 0.25) is 0 Å². The Balaban J connectivity index is 2.87. The normalized spacial score (nSPS) is 12.5. The van der Waals surface area contributed by atoms with Gasteiger partial charge in [-0.2, -0.15) is 0 Å². The van der Waals surface area contributed by atoms with Crippen molar-refractivity contribution in [2.24, 2.45) is 5.92 Å². The molecule has 0 aromatic heterocycles. The number of aryl methyl sites for hydroxylation is 1. The number of hydrogen-bond donors (Lipinski definition) is 3. The van der Waals surface area contributed by atoms with Gasteiger partial charge in [-0.15, -0.1) is 0 Å². The highest BCUT2D eigenvalue weighted by atomic mass is 32.2. The SMILES string of the molecule is Cc1ccc(NS(C)(=O)=O)c(C(=O)NCC(C)CC(=O)O)c1. The highest BCUT2D eigenvalue weighted by Crippen LogP contribution is 2.18. The van der Waals surface area contributed by atoms with E-state index in [0.29, 0.717) is 0 Å². The molecule has 0 fully saturated rings. The first-order valence-corrected chi connectivity index (χ1v) is 8.56. The number of carbonyl (C=O) groups is 2. The zero-order valence-corrected chi connectivity index (χ0v) is 13.5. The van der Waals surface area contributed by atoms with Gasteiger partial charge in [-0.1, -0.05) is 18.6 Å². The Morgan fingerprint density at radius 3 is 2.50 bits per heavy atom. The molecular weight excluding hydrogens is 308 g/mol. The third-order valence-corrected chi connectivity index (χ3v) is 3.44. The minimum absolute atomic E-state index is 0.0530. The molecule has 0 aliphatic rings. The lowest BCUT2D eigenvalue weighted by atomic mass is 10.1. The second-order valence-corrected chi connectivity index (χ2v) is 7.08. The van der Waals surface area contributed by atoms with Gasteiger partial charge >= 0.3 is 5.97 Å². The average Bonchev–Trinajstić information content (AvgIpc) is 2.35. The topological polar surface area (TPSA) is 113 Å². The molecule has 0 aliphatic carbocycles. The molecule has 8 heteroatoms. The summed E-state index contributed by atoms with van der Waals surface area (Å²) in [5, 5.41) is 11.3. The summed E-state index contributed by atoms with van der Waals surface area (Å²) in [5.41, 5.74) is 1.20. The smallest absolute Gasteiger partial charge is 0.303 e. The van der Waals surface area contributed by atoms with Gasteiger partial charge in [0.25, 0.3) is 5.91 Å². The van der Waals surface area contributed by atoms with E-state index in [9.17, 15) is 18.0 Å². The van der Waals surface area contributed by atoms with Gasteiger partial charge in [-0.05, 0) is 25.0 Å². The zero-order chi connectivity index (χ0) is 16.9. The fraction of sp³-hybridized carbons (Fsp3) is 0.429. The van der Waals surface area contributed by atoms with E-state index < -0.39 is 21.9 Å². The van der Waals surface area contributed by atoms with E-state index in [0.717, 1.165) is 11.8 Å². The molecule has 0 spiro atoms. The van der Waals surface area contributed by atoms with Crippen molar-refractivity contribution in [1.82, 2.24) is 5.32 Å². The molecule has 1 aromatic carbocycles. The van der Waals surface area contributed by atoms with Crippen LogP contribution < -0.4 is 10.0 Å². The van der Waals surface area contributed by atoms with Crippen LogP contribution >= 0.6 is 0 Å². The quantitative estimate of drug-likeness (QED) is 0.696. The molecule has 3 N–H and O–H groups in total. The van der Waals surface area contributed by atoms with Gasteiger partial charge in [0.2, 0.25) is 10.0 Å². The number of sulfonamides is 1. The Labute approximate surface area is 129 Å². The molecule has 0 bridgehead atoms. The number of carbonyl (C=O) groups excluding carboxylic acids is 1. The monoisotopic (exact) mass is 328 g/mol. The first-order valence-electron chi connectivity index (χ1n) is 6.67.